The van der Waals surface area contributed by atoms with Gasteiger partial charge in [-0.05, 0) is 6.92 Å². The molecule has 0 saturated heterocycles. The molecule has 14 heavy (non-hydrogen) atoms. The topological polar surface area (TPSA) is 70.5 Å². The maximum absolute atomic E-state index is 11.6. The van der Waals surface area contributed by atoms with Crippen molar-refractivity contribution >= 4 is 23.2 Å². The Labute approximate surface area is 85.0 Å². The van der Waals surface area contributed by atoms with Crippen molar-refractivity contribution in [2.24, 2.45) is 0 Å². The molecule has 0 aromatic carbocycles. The van der Waals surface area contributed by atoms with E-state index in [1.165, 1.54) is 18.4 Å². The van der Waals surface area contributed by atoms with Crippen molar-refractivity contribution in [1.82, 2.24) is 9.88 Å². The van der Waals surface area contributed by atoms with Gasteiger partial charge in [-0.2, -0.15) is 0 Å². The van der Waals surface area contributed by atoms with Crippen LogP contribution in [0.15, 0.2) is 5.51 Å². The monoisotopic (exact) mass is 214 g/mol. The third-order valence-corrected chi connectivity index (χ3v) is 2.42. The molecule has 1 heterocycles. The zero-order valence-corrected chi connectivity index (χ0v) is 8.67. The SMILES string of the molecule is Cc1scnc1C(=O)N(C)CC(=O)O. The Morgan fingerprint density at radius 1 is 1.64 bits per heavy atom. The zero-order valence-electron chi connectivity index (χ0n) is 7.85. The number of carbonyl (C=O) groups excluding carboxylic acids is 1. The summed E-state index contributed by atoms with van der Waals surface area (Å²) >= 11 is 1.36. The Morgan fingerprint density at radius 3 is 2.71 bits per heavy atom. The number of amides is 1. The second kappa shape index (κ2) is 4.19. The summed E-state index contributed by atoms with van der Waals surface area (Å²) in [4.78, 5) is 27.7. The van der Waals surface area contributed by atoms with Crippen LogP contribution < -0.4 is 0 Å². The Kier molecular flexibility index (Phi) is 3.19. The fraction of sp³-hybridized carbons (Fsp3) is 0.375. The van der Waals surface area contributed by atoms with Crippen LogP contribution in [-0.2, 0) is 4.79 Å². The summed E-state index contributed by atoms with van der Waals surface area (Å²) in [5.41, 5.74) is 1.90. The van der Waals surface area contributed by atoms with Crippen LogP contribution in [0.1, 0.15) is 15.4 Å². The lowest BCUT2D eigenvalue weighted by Gasteiger charge is -2.12. The number of rotatable bonds is 3. The predicted molar refractivity (Wildman–Crippen MR) is 51.4 cm³/mol. The van der Waals surface area contributed by atoms with Crippen LogP contribution in [0.4, 0.5) is 0 Å². The molecule has 0 spiro atoms. The summed E-state index contributed by atoms with van der Waals surface area (Å²) in [6, 6.07) is 0. The summed E-state index contributed by atoms with van der Waals surface area (Å²) in [6.45, 7) is 1.47. The number of hydrogen-bond donors (Lipinski definition) is 1. The van der Waals surface area contributed by atoms with Crippen LogP contribution in [0.25, 0.3) is 0 Å². The van der Waals surface area contributed by atoms with Crippen LogP contribution in [-0.4, -0.2) is 40.5 Å². The maximum Gasteiger partial charge on any atom is 0.323 e. The highest BCUT2D eigenvalue weighted by molar-refractivity contribution is 7.09. The standard InChI is InChI=1S/C8H10N2O3S/c1-5-7(9-4-14-5)8(13)10(2)3-6(11)12/h4H,3H2,1-2H3,(H,11,12). The normalized spacial score (nSPS) is 9.86. The molecular formula is C8H10N2O3S. The van der Waals surface area contributed by atoms with E-state index in [4.69, 9.17) is 5.11 Å². The molecule has 1 amide bonds. The van der Waals surface area contributed by atoms with E-state index in [0.29, 0.717) is 5.69 Å². The van der Waals surface area contributed by atoms with Crippen molar-refractivity contribution in [2.45, 2.75) is 6.92 Å². The van der Waals surface area contributed by atoms with E-state index in [0.717, 1.165) is 9.78 Å². The number of aromatic nitrogens is 1. The van der Waals surface area contributed by atoms with Crippen LogP contribution in [0.5, 0.6) is 0 Å². The smallest absolute Gasteiger partial charge is 0.323 e. The van der Waals surface area contributed by atoms with Gasteiger partial charge >= 0.3 is 5.97 Å². The number of carboxylic acid groups (broad SMARTS) is 1. The fourth-order valence-corrected chi connectivity index (χ4v) is 1.53. The number of nitrogens with zero attached hydrogens (tertiary/aromatic N) is 2. The van der Waals surface area contributed by atoms with Gasteiger partial charge in [-0.25, -0.2) is 4.98 Å². The zero-order chi connectivity index (χ0) is 10.7. The molecule has 0 atom stereocenters. The van der Waals surface area contributed by atoms with Gasteiger partial charge in [0.25, 0.3) is 5.91 Å². The minimum Gasteiger partial charge on any atom is -0.480 e. The Bertz CT molecular complexity index is 361. The molecule has 0 saturated carbocycles. The van der Waals surface area contributed by atoms with E-state index in [-0.39, 0.29) is 12.5 Å². The number of carbonyl (C=O) groups is 2. The summed E-state index contributed by atoms with van der Waals surface area (Å²) in [7, 11) is 1.44. The summed E-state index contributed by atoms with van der Waals surface area (Å²) in [5, 5.41) is 8.49. The molecule has 0 bridgehead atoms. The first-order chi connectivity index (χ1) is 6.52. The number of carboxylic acids is 1. The number of likely N-dealkylation sites (N-methyl/N-ethyl adjacent to an activating group) is 1. The molecule has 1 rings (SSSR count). The van der Waals surface area contributed by atoms with Crippen LogP contribution in [0.3, 0.4) is 0 Å². The third kappa shape index (κ3) is 2.29. The van der Waals surface area contributed by atoms with Crippen molar-refractivity contribution < 1.29 is 14.7 Å². The quantitative estimate of drug-likeness (QED) is 0.800. The van der Waals surface area contributed by atoms with Gasteiger partial charge in [0.05, 0.1) is 5.51 Å². The molecule has 0 aliphatic carbocycles. The van der Waals surface area contributed by atoms with Crippen LogP contribution >= 0.6 is 11.3 Å². The first-order valence-corrected chi connectivity index (χ1v) is 4.77. The largest absolute Gasteiger partial charge is 0.480 e. The van der Waals surface area contributed by atoms with Crippen LogP contribution in [0, 0.1) is 6.92 Å². The second-order valence-electron chi connectivity index (χ2n) is 2.81. The third-order valence-electron chi connectivity index (χ3n) is 1.67. The molecule has 0 aliphatic rings. The lowest BCUT2D eigenvalue weighted by Crippen LogP contribution is -2.32. The van der Waals surface area contributed by atoms with Gasteiger partial charge in [-0.3, -0.25) is 9.59 Å². The van der Waals surface area contributed by atoms with Crippen molar-refractivity contribution in [1.29, 1.82) is 0 Å². The fourth-order valence-electron chi connectivity index (χ4n) is 0.966. The van der Waals surface area contributed by atoms with Gasteiger partial charge in [0.1, 0.15) is 12.2 Å². The molecule has 76 valence electrons. The summed E-state index contributed by atoms with van der Waals surface area (Å²) in [5.74, 6) is -1.39. The number of aliphatic carboxylic acids is 1. The maximum atomic E-state index is 11.6. The molecule has 5 nitrogen and oxygen atoms in total. The molecule has 6 heteroatoms. The van der Waals surface area contributed by atoms with E-state index < -0.39 is 5.97 Å². The number of hydrogen-bond acceptors (Lipinski definition) is 4. The summed E-state index contributed by atoms with van der Waals surface area (Å²) in [6.07, 6.45) is 0. The molecule has 1 aromatic heterocycles. The first kappa shape index (κ1) is 10.6. The van der Waals surface area contributed by atoms with Crippen molar-refractivity contribution in [3.63, 3.8) is 0 Å². The van der Waals surface area contributed by atoms with Crippen molar-refractivity contribution in [3.8, 4) is 0 Å². The van der Waals surface area contributed by atoms with Gasteiger partial charge in [0.15, 0.2) is 0 Å². The second-order valence-corrected chi connectivity index (χ2v) is 3.87. The molecule has 1 aromatic rings. The Morgan fingerprint density at radius 2 is 2.29 bits per heavy atom. The van der Waals surface area contributed by atoms with Gasteiger partial charge < -0.3 is 10.0 Å². The average molecular weight is 214 g/mol. The van der Waals surface area contributed by atoms with E-state index >= 15 is 0 Å². The van der Waals surface area contributed by atoms with Crippen LogP contribution in [0.2, 0.25) is 0 Å². The highest BCUT2D eigenvalue weighted by Gasteiger charge is 2.18. The number of aryl methyl sites for hydroxylation is 1. The van der Waals surface area contributed by atoms with Gasteiger partial charge in [-0.1, -0.05) is 0 Å². The van der Waals surface area contributed by atoms with Gasteiger partial charge in [0, 0.05) is 11.9 Å². The molecule has 0 fully saturated rings. The lowest BCUT2D eigenvalue weighted by atomic mass is 10.3. The Hall–Kier alpha value is -1.43. The molecule has 1 N–H and O–H groups in total. The molecule has 0 aliphatic heterocycles. The van der Waals surface area contributed by atoms with Crippen molar-refractivity contribution in [3.05, 3.63) is 16.1 Å². The highest BCUT2D eigenvalue weighted by atomic mass is 32.1. The van der Waals surface area contributed by atoms with E-state index in [1.807, 2.05) is 0 Å². The first-order valence-electron chi connectivity index (χ1n) is 3.89. The minimum atomic E-state index is -1.03. The average Bonchev–Trinajstić information content (AvgIpc) is 2.48. The molecule has 0 unspecified atom stereocenters. The van der Waals surface area contributed by atoms with Gasteiger partial charge in [-0.15, -0.1) is 11.3 Å². The van der Waals surface area contributed by atoms with E-state index in [9.17, 15) is 9.59 Å². The van der Waals surface area contributed by atoms with E-state index in [2.05, 4.69) is 4.98 Å². The predicted octanol–water partition coefficient (Wildman–Crippen LogP) is 0.608. The lowest BCUT2D eigenvalue weighted by molar-refractivity contribution is -0.137. The van der Waals surface area contributed by atoms with Gasteiger partial charge in [0.2, 0.25) is 0 Å². The Balaban J connectivity index is 2.76. The molecule has 0 radical (unpaired) electrons. The summed E-state index contributed by atoms with van der Waals surface area (Å²) < 4.78 is 0. The molecular weight excluding hydrogens is 204 g/mol. The van der Waals surface area contributed by atoms with E-state index in [1.54, 1.807) is 12.4 Å². The highest BCUT2D eigenvalue weighted by Crippen LogP contribution is 2.12. The van der Waals surface area contributed by atoms with Crippen molar-refractivity contribution in [2.75, 3.05) is 13.6 Å². The minimum absolute atomic E-state index is 0.310. The number of thiazole rings is 1.